The third-order valence-corrected chi connectivity index (χ3v) is 3.84. The third-order valence-electron chi connectivity index (χ3n) is 3.84. The van der Waals surface area contributed by atoms with Gasteiger partial charge in [0.15, 0.2) is 17.3 Å². The van der Waals surface area contributed by atoms with Gasteiger partial charge in [0.25, 0.3) is 0 Å². The average molecular weight is 329 g/mol. The molecular weight excluding hydrogens is 306 g/mol. The zero-order chi connectivity index (χ0) is 17.9. The minimum atomic E-state index is -0.457. The van der Waals surface area contributed by atoms with Crippen molar-refractivity contribution in [3.8, 4) is 17.2 Å². The van der Waals surface area contributed by atoms with Gasteiger partial charge in [-0.3, -0.25) is 4.79 Å². The van der Waals surface area contributed by atoms with E-state index in [1.165, 1.54) is 18.2 Å². The van der Waals surface area contributed by atoms with Gasteiger partial charge in [-0.15, -0.1) is 0 Å². The number of ketones is 1. The standard InChI is InChI=1S/C19H23NO4/c1-12(18(24)14-6-9-16(22)17(23)10-14)20-19(2,3)11-13-4-7-15(21)8-5-13/h4-10,12,20-23H,11H2,1-3H3. The molecule has 2 rings (SSSR count). The van der Waals surface area contributed by atoms with Crippen LogP contribution in [0.4, 0.5) is 0 Å². The Morgan fingerprint density at radius 1 is 1.04 bits per heavy atom. The van der Waals surface area contributed by atoms with Crippen LogP contribution < -0.4 is 5.32 Å². The van der Waals surface area contributed by atoms with Crippen LogP contribution >= 0.6 is 0 Å². The molecule has 128 valence electrons. The van der Waals surface area contributed by atoms with Crippen molar-refractivity contribution in [2.45, 2.75) is 38.8 Å². The molecule has 2 aromatic carbocycles. The van der Waals surface area contributed by atoms with E-state index in [0.717, 1.165) is 5.56 Å². The SMILES string of the molecule is CC(NC(C)(C)Cc1ccc(O)cc1)C(=O)c1ccc(O)c(O)c1. The third kappa shape index (κ3) is 4.49. The number of hydrogen-bond acceptors (Lipinski definition) is 5. The fourth-order valence-corrected chi connectivity index (χ4v) is 2.75. The molecule has 1 atom stereocenters. The monoisotopic (exact) mass is 329 g/mol. The predicted molar refractivity (Wildman–Crippen MR) is 92.6 cm³/mol. The number of benzene rings is 2. The van der Waals surface area contributed by atoms with E-state index in [0.29, 0.717) is 12.0 Å². The van der Waals surface area contributed by atoms with Crippen molar-refractivity contribution < 1.29 is 20.1 Å². The highest BCUT2D eigenvalue weighted by Gasteiger charge is 2.25. The topological polar surface area (TPSA) is 89.8 Å². The molecule has 0 fully saturated rings. The molecule has 0 amide bonds. The maximum Gasteiger partial charge on any atom is 0.179 e. The fourth-order valence-electron chi connectivity index (χ4n) is 2.75. The Morgan fingerprint density at radius 2 is 1.67 bits per heavy atom. The minimum absolute atomic E-state index is 0.163. The fraction of sp³-hybridized carbons (Fsp3) is 0.316. The molecule has 5 nitrogen and oxygen atoms in total. The number of carbonyl (C=O) groups is 1. The number of rotatable bonds is 6. The molecule has 0 heterocycles. The van der Waals surface area contributed by atoms with Crippen LogP contribution in [0.15, 0.2) is 42.5 Å². The van der Waals surface area contributed by atoms with Crippen molar-refractivity contribution in [1.82, 2.24) is 5.32 Å². The van der Waals surface area contributed by atoms with Crippen LogP contribution in [0.2, 0.25) is 0 Å². The van der Waals surface area contributed by atoms with Gasteiger partial charge in [-0.25, -0.2) is 0 Å². The van der Waals surface area contributed by atoms with Gasteiger partial charge >= 0.3 is 0 Å². The molecular formula is C19H23NO4. The van der Waals surface area contributed by atoms with E-state index in [1.54, 1.807) is 19.1 Å². The highest BCUT2D eigenvalue weighted by Crippen LogP contribution is 2.25. The molecule has 0 aliphatic carbocycles. The van der Waals surface area contributed by atoms with Crippen LogP contribution in [0.5, 0.6) is 17.2 Å². The number of phenols is 3. The van der Waals surface area contributed by atoms with Gasteiger partial charge in [-0.2, -0.15) is 0 Å². The lowest BCUT2D eigenvalue weighted by atomic mass is 9.92. The van der Waals surface area contributed by atoms with E-state index in [4.69, 9.17) is 0 Å². The van der Waals surface area contributed by atoms with Gasteiger partial charge in [-0.1, -0.05) is 12.1 Å². The van der Waals surface area contributed by atoms with Crippen LogP contribution in [0.25, 0.3) is 0 Å². The molecule has 5 heteroatoms. The normalized spacial score (nSPS) is 12.8. The molecule has 0 aliphatic heterocycles. The molecule has 0 saturated heterocycles. The van der Waals surface area contributed by atoms with Crippen molar-refractivity contribution >= 4 is 5.78 Å². The Kier molecular flexibility index (Phi) is 5.14. The van der Waals surface area contributed by atoms with Crippen molar-refractivity contribution in [2.75, 3.05) is 0 Å². The van der Waals surface area contributed by atoms with Crippen LogP contribution in [0.1, 0.15) is 36.7 Å². The molecule has 2 aromatic rings. The minimum Gasteiger partial charge on any atom is -0.508 e. The first kappa shape index (κ1) is 17.8. The van der Waals surface area contributed by atoms with Crippen LogP contribution in [0, 0.1) is 0 Å². The second-order valence-corrected chi connectivity index (χ2v) is 6.66. The Hall–Kier alpha value is -2.53. The summed E-state index contributed by atoms with van der Waals surface area (Å²) in [6, 6.07) is 10.6. The summed E-state index contributed by atoms with van der Waals surface area (Å²) >= 11 is 0. The summed E-state index contributed by atoms with van der Waals surface area (Å²) in [6.45, 7) is 5.76. The van der Waals surface area contributed by atoms with E-state index < -0.39 is 6.04 Å². The quantitative estimate of drug-likeness (QED) is 0.483. The van der Waals surface area contributed by atoms with Gasteiger partial charge in [0.2, 0.25) is 0 Å². The Labute approximate surface area is 141 Å². The number of hydrogen-bond donors (Lipinski definition) is 4. The van der Waals surface area contributed by atoms with Gasteiger partial charge in [0, 0.05) is 11.1 Å². The molecule has 24 heavy (non-hydrogen) atoms. The predicted octanol–water partition coefficient (Wildman–Crippen LogP) is 2.99. The van der Waals surface area contributed by atoms with Gasteiger partial charge < -0.3 is 20.6 Å². The van der Waals surface area contributed by atoms with Crippen LogP contribution in [-0.2, 0) is 6.42 Å². The molecule has 0 aliphatic rings. The van der Waals surface area contributed by atoms with E-state index in [2.05, 4.69) is 5.32 Å². The summed E-state index contributed by atoms with van der Waals surface area (Å²) in [4.78, 5) is 12.5. The summed E-state index contributed by atoms with van der Waals surface area (Å²) in [5.74, 6) is -0.500. The van der Waals surface area contributed by atoms with Crippen LogP contribution in [-0.4, -0.2) is 32.7 Å². The van der Waals surface area contributed by atoms with Crippen molar-refractivity contribution in [3.63, 3.8) is 0 Å². The first-order valence-corrected chi connectivity index (χ1v) is 7.80. The Morgan fingerprint density at radius 3 is 2.25 bits per heavy atom. The van der Waals surface area contributed by atoms with E-state index in [9.17, 15) is 20.1 Å². The van der Waals surface area contributed by atoms with Gasteiger partial charge in [0.05, 0.1) is 6.04 Å². The van der Waals surface area contributed by atoms with Gasteiger partial charge in [-0.05, 0) is 63.1 Å². The van der Waals surface area contributed by atoms with Crippen molar-refractivity contribution in [3.05, 3.63) is 53.6 Å². The zero-order valence-electron chi connectivity index (χ0n) is 14.1. The van der Waals surface area contributed by atoms with E-state index >= 15 is 0 Å². The maximum absolute atomic E-state index is 12.5. The molecule has 1 unspecified atom stereocenters. The summed E-state index contributed by atoms with van der Waals surface area (Å²) in [5, 5.41) is 31.5. The lowest BCUT2D eigenvalue weighted by Gasteiger charge is -2.30. The lowest BCUT2D eigenvalue weighted by molar-refractivity contribution is 0.0932. The first-order valence-electron chi connectivity index (χ1n) is 7.80. The summed E-state index contributed by atoms with van der Waals surface area (Å²) < 4.78 is 0. The van der Waals surface area contributed by atoms with Gasteiger partial charge in [0.1, 0.15) is 5.75 Å². The number of phenolic OH excluding ortho intramolecular Hbond substituents is 3. The van der Waals surface area contributed by atoms with E-state index in [1.807, 2.05) is 26.0 Å². The summed E-state index contributed by atoms with van der Waals surface area (Å²) in [7, 11) is 0. The highest BCUT2D eigenvalue weighted by atomic mass is 16.3. The molecule has 0 bridgehead atoms. The number of aromatic hydroxyl groups is 3. The van der Waals surface area contributed by atoms with E-state index in [-0.39, 0.29) is 28.6 Å². The van der Waals surface area contributed by atoms with Crippen LogP contribution in [0.3, 0.4) is 0 Å². The van der Waals surface area contributed by atoms with Crippen molar-refractivity contribution in [1.29, 1.82) is 0 Å². The maximum atomic E-state index is 12.5. The van der Waals surface area contributed by atoms with Crippen molar-refractivity contribution in [2.24, 2.45) is 0 Å². The lowest BCUT2D eigenvalue weighted by Crippen LogP contribution is -2.49. The zero-order valence-corrected chi connectivity index (χ0v) is 14.1. The Bertz CT molecular complexity index is 723. The second kappa shape index (κ2) is 6.93. The Balaban J connectivity index is 2.05. The number of Topliss-reactive ketones (excluding diaryl/α,β-unsaturated/α-hetero) is 1. The second-order valence-electron chi connectivity index (χ2n) is 6.66. The molecule has 0 aromatic heterocycles. The molecule has 0 saturated carbocycles. The molecule has 0 radical (unpaired) electrons. The average Bonchev–Trinajstić information content (AvgIpc) is 2.51. The number of nitrogens with one attached hydrogen (secondary N) is 1. The molecule has 0 spiro atoms. The molecule has 4 N–H and O–H groups in total. The number of carbonyl (C=O) groups excluding carboxylic acids is 1. The first-order chi connectivity index (χ1) is 11.2. The smallest absolute Gasteiger partial charge is 0.179 e. The highest BCUT2D eigenvalue weighted by molar-refractivity contribution is 6.00. The summed E-state index contributed by atoms with van der Waals surface area (Å²) in [5.41, 5.74) is 1.04. The largest absolute Gasteiger partial charge is 0.508 e. The summed E-state index contributed by atoms with van der Waals surface area (Å²) in [6.07, 6.45) is 0.686.